The largest absolute Gasteiger partial charge is 0.390 e. The van der Waals surface area contributed by atoms with Crippen LogP contribution in [-0.2, 0) is 5.11 Å². The lowest BCUT2D eigenvalue weighted by Gasteiger charge is -2.10. The highest BCUT2D eigenvalue weighted by molar-refractivity contribution is 4.62. The zero-order chi connectivity index (χ0) is 6.57. The van der Waals surface area contributed by atoms with E-state index >= 15 is 0 Å². The van der Waals surface area contributed by atoms with Crippen LogP contribution in [0.1, 0.15) is 13.3 Å². The third-order valence-electron chi connectivity index (χ3n) is 1.03. The highest BCUT2D eigenvalue weighted by Crippen LogP contribution is 1.95. The van der Waals surface area contributed by atoms with Crippen LogP contribution in [0, 0.1) is 0 Å². The Labute approximate surface area is 48.6 Å². The van der Waals surface area contributed by atoms with Gasteiger partial charge < -0.3 is 10.2 Å². The number of hydrogen-bond donors (Lipinski definition) is 2. The van der Waals surface area contributed by atoms with Gasteiger partial charge in [0.15, 0.2) is 0 Å². The third kappa shape index (κ3) is 2.26. The Morgan fingerprint density at radius 2 is 1.88 bits per heavy atom. The monoisotopic (exact) mass is 119 g/mol. The van der Waals surface area contributed by atoms with Crippen molar-refractivity contribution >= 4 is 0 Å². The lowest BCUT2D eigenvalue weighted by atomic mass is 10.2. The average molecular weight is 119 g/mol. The SMILES string of the molecule is CCC(O)C(O)C[O]. The van der Waals surface area contributed by atoms with Gasteiger partial charge in [-0.1, -0.05) is 6.92 Å². The molecule has 0 aromatic heterocycles. The molecule has 0 saturated heterocycles. The summed E-state index contributed by atoms with van der Waals surface area (Å²) < 4.78 is 0. The lowest BCUT2D eigenvalue weighted by molar-refractivity contribution is -0.0331. The lowest BCUT2D eigenvalue weighted by Crippen LogP contribution is -2.27. The quantitative estimate of drug-likeness (QED) is 0.528. The standard InChI is InChI=1S/C5H11O3/c1-2-4(7)5(8)3-6/h4-5,7-8H,2-3H2,1H3. The van der Waals surface area contributed by atoms with Crippen molar-refractivity contribution in [3.8, 4) is 0 Å². The van der Waals surface area contributed by atoms with Gasteiger partial charge in [0.2, 0.25) is 0 Å². The highest BCUT2D eigenvalue weighted by atomic mass is 16.4. The van der Waals surface area contributed by atoms with Crippen molar-refractivity contribution < 1.29 is 15.3 Å². The normalized spacial score (nSPS) is 18.0. The molecule has 0 aromatic carbocycles. The van der Waals surface area contributed by atoms with Crippen LogP contribution in [0.4, 0.5) is 0 Å². The topological polar surface area (TPSA) is 60.4 Å². The predicted octanol–water partition coefficient (Wildman–Crippen LogP) is -0.451. The highest BCUT2D eigenvalue weighted by Gasteiger charge is 2.11. The summed E-state index contributed by atoms with van der Waals surface area (Å²) in [6, 6.07) is 0. The van der Waals surface area contributed by atoms with Crippen LogP contribution >= 0.6 is 0 Å². The molecule has 0 rings (SSSR count). The van der Waals surface area contributed by atoms with Crippen molar-refractivity contribution in [1.29, 1.82) is 0 Å². The first-order valence-electron chi connectivity index (χ1n) is 2.66. The van der Waals surface area contributed by atoms with Gasteiger partial charge in [0.25, 0.3) is 0 Å². The predicted molar refractivity (Wildman–Crippen MR) is 27.9 cm³/mol. The van der Waals surface area contributed by atoms with E-state index in [2.05, 4.69) is 0 Å². The Morgan fingerprint density at radius 3 is 2.00 bits per heavy atom. The molecule has 2 unspecified atom stereocenters. The summed E-state index contributed by atoms with van der Waals surface area (Å²) in [5.74, 6) is 0. The van der Waals surface area contributed by atoms with Crippen LogP contribution in [0.3, 0.4) is 0 Å². The molecule has 0 aliphatic carbocycles. The second-order valence-electron chi connectivity index (χ2n) is 1.71. The fourth-order valence-corrected chi connectivity index (χ4v) is 0.383. The first-order chi connectivity index (χ1) is 3.72. The van der Waals surface area contributed by atoms with E-state index in [9.17, 15) is 5.11 Å². The van der Waals surface area contributed by atoms with Crippen LogP contribution in [-0.4, -0.2) is 29.0 Å². The van der Waals surface area contributed by atoms with Gasteiger partial charge >= 0.3 is 0 Å². The molecular weight excluding hydrogens is 108 g/mol. The van der Waals surface area contributed by atoms with E-state index in [1.807, 2.05) is 0 Å². The first-order valence-corrected chi connectivity index (χ1v) is 2.66. The molecular formula is C5H11O3. The number of hydrogen-bond acceptors (Lipinski definition) is 2. The van der Waals surface area contributed by atoms with E-state index in [0.717, 1.165) is 0 Å². The Balaban J connectivity index is 3.29. The van der Waals surface area contributed by atoms with Crippen LogP contribution < -0.4 is 0 Å². The van der Waals surface area contributed by atoms with Gasteiger partial charge in [-0.25, -0.2) is 5.11 Å². The number of aliphatic hydroxyl groups excluding tert-OH is 2. The Morgan fingerprint density at radius 1 is 1.38 bits per heavy atom. The van der Waals surface area contributed by atoms with Crippen molar-refractivity contribution in [3.05, 3.63) is 0 Å². The second-order valence-corrected chi connectivity index (χ2v) is 1.71. The minimum absolute atomic E-state index is 0.434. The maximum atomic E-state index is 9.82. The van der Waals surface area contributed by atoms with E-state index in [4.69, 9.17) is 10.2 Å². The minimum atomic E-state index is -1.08. The Hall–Kier alpha value is -0.120. The molecule has 0 spiro atoms. The van der Waals surface area contributed by atoms with E-state index < -0.39 is 18.8 Å². The van der Waals surface area contributed by atoms with Crippen molar-refractivity contribution in [1.82, 2.24) is 0 Å². The van der Waals surface area contributed by atoms with E-state index in [1.54, 1.807) is 6.92 Å². The molecule has 49 valence electrons. The molecule has 2 N–H and O–H groups in total. The second kappa shape index (κ2) is 3.83. The number of aliphatic hydroxyl groups is 2. The summed E-state index contributed by atoms with van der Waals surface area (Å²) in [6.45, 7) is 1.10. The molecule has 3 heteroatoms. The smallest absolute Gasteiger partial charge is 0.111 e. The molecule has 0 aliphatic rings. The van der Waals surface area contributed by atoms with Crippen molar-refractivity contribution in [2.45, 2.75) is 25.6 Å². The van der Waals surface area contributed by atoms with E-state index in [0.29, 0.717) is 6.42 Å². The van der Waals surface area contributed by atoms with Gasteiger partial charge in [-0.2, -0.15) is 0 Å². The van der Waals surface area contributed by atoms with E-state index in [-0.39, 0.29) is 0 Å². The molecule has 0 saturated carbocycles. The summed E-state index contributed by atoms with van der Waals surface area (Å²) in [5.41, 5.74) is 0. The fraction of sp³-hybridized carbons (Fsp3) is 1.00. The molecule has 0 aromatic rings. The van der Waals surface area contributed by atoms with Crippen LogP contribution in [0.15, 0.2) is 0 Å². The summed E-state index contributed by atoms with van der Waals surface area (Å²) in [5, 5.41) is 27.1. The fourth-order valence-electron chi connectivity index (χ4n) is 0.383. The van der Waals surface area contributed by atoms with E-state index in [1.165, 1.54) is 0 Å². The zero-order valence-electron chi connectivity index (χ0n) is 4.87. The molecule has 1 radical (unpaired) electrons. The number of rotatable bonds is 3. The maximum Gasteiger partial charge on any atom is 0.111 e. The summed E-state index contributed by atoms with van der Waals surface area (Å²) >= 11 is 0. The molecule has 0 fully saturated rings. The van der Waals surface area contributed by atoms with Gasteiger partial charge in [0.1, 0.15) is 12.7 Å². The molecule has 0 aliphatic heterocycles. The van der Waals surface area contributed by atoms with Crippen LogP contribution in [0.25, 0.3) is 0 Å². The minimum Gasteiger partial charge on any atom is -0.390 e. The van der Waals surface area contributed by atoms with Crippen LogP contribution in [0.2, 0.25) is 0 Å². The van der Waals surface area contributed by atoms with Gasteiger partial charge in [-0.15, -0.1) is 0 Å². The van der Waals surface area contributed by atoms with Crippen molar-refractivity contribution in [2.75, 3.05) is 6.61 Å². The molecule has 0 bridgehead atoms. The van der Waals surface area contributed by atoms with Gasteiger partial charge in [-0.05, 0) is 6.42 Å². The Bertz CT molecular complexity index is 47.6. The van der Waals surface area contributed by atoms with Gasteiger partial charge in [0.05, 0.1) is 6.10 Å². The molecule has 0 heterocycles. The Kier molecular flexibility index (Phi) is 3.77. The first kappa shape index (κ1) is 7.88. The molecule has 2 atom stereocenters. The van der Waals surface area contributed by atoms with Crippen molar-refractivity contribution in [3.63, 3.8) is 0 Å². The van der Waals surface area contributed by atoms with Crippen LogP contribution in [0.5, 0.6) is 0 Å². The summed E-state index contributed by atoms with van der Waals surface area (Å²) in [7, 11) is 0. The molecule has 8 heavy (non-hydrogen) atoms. The summed E-state index contributed by atoms with van der Waals surface area (Å²) in [4.78, 5) is 0. The van der Waals surface area contributed by atoms with Gasteiger partial charge in [-0.3, -0.25) is 0 Å². The molecule has 3 nitrogen and oxygen atoms in total. The average Bonchev–Trinajstić information content (AvgIpc) is 1.84. The zero-order valence-corrected chi connectivity index (χ0v) is 4.87. The van der Waals surface area contributed by atoms with Crippen molar-refractivity contribution in [2.24, 2.45) is 0 Å². The summed E-state index contributed by atoms with van der Waals surface area (Å²) in [6.07, 6.45) is -1.49. The maximum absolute atomic E-state index is 9.82. The third-order valence-corrected chi connectivity index (χ3v) is 1.03. The molecule has 0 amide bonds. The van der Waals surface area contributed by atoms with Gasteiger partial charge in [0, 0.05) is 0 Å².